The summed E-state index contributed by atoms with van der Waals surface area (Å²) in [6.45, 7) is 1.43. The zero-order chi connectivity index (χ0) is 19.2. The number of ether oxygens (including phenoxy) is 2. The summed E-state index contributed by atoms with van der Waals surface area (Å²) in [4.78, 5) is 17.0. The number of nitrogens with zero attached hydrogens (tertiary/aromatic N) is 1. The number of benzene rings is 2. The second-order valence-electron chi connectivity index (χ2n) is 6.68. The van der Waals surface area contributed by atoms with Gasteiger partial charge in [0.05, 0.1) is 18.8 Å². The van der Waals surface area contributed by atoms with E-state index in [0.717, 1.165) is 29.7 Å². The molecule has 0 atom stereocenters. The molecule has 1 amide bonds. The van der Waals surface area contributed by atoms with E-state index in [-0.39, 0.29) is 12.0 Å². The number of pyridine rings is 1. The highest BCUT2D eigenvalue weighted by atomic mass is 16.5. The van der Waals surface area contributed by atoms with Crippen LogP contribution in [0.5, 0.6) is 5.88 Å². The Balaban J connectivity index is 1.46. The summed E-state index contributed by atoms with van der Waals surface area (Å²) in [6, 6.07) is 21.2. The maximum Gasteiger partial charge on any atom is 0.257 e. The van der Waals surface area contributed by atoms with Gasteiger partial charge in [0, 0.05) is 36.4 Å². The van der Waals surface area contributed by atoms with Crippen LogP contribution in [0.25, 0.3) is 11.1 Å². The van der Waals surface area contributed by atoms with E-state index in [2.05, 4.69) is 10.3 Å². The zero-order valence-electron chi connectivity index (χ0n) is 15.5. The highest BCUT2D eigenvalue weighted by molar-refractivity contribution is 6.06. The fourth-order valence-electron chi connectivity index (χ4n) is 3.20. The molecule has 3 aromatic rings. The van der Waals surface area contributed by atoms with Gasteiger partial charge in [0.1, 0.15) is 6.10 Å². The van der Waals surface area contributed by atoms with Gasteiger partial charge < -0.3 is 14.8 Å². The van der Waals surface area contributed by atoms with E-state index in [1.807, 2.05) is 54.6 Å². The lowest BCUT2D eigenvalue weighted by atomic mass is 10.0. The quantitative estimate of drug-likeness (QED) is 0.711. The predicted octanol–water partition coefficient (Wildman–Crippen LogP) is 4.56. The number of rotatable bonds is 5. The van der Waals surface area contributed by atoms with Gasteiger partial charge in [0.2, 0.25) is 5.88 Å². The monoisotopic (exact) mass is 374 g/mol. The molecule has 1 aromatic heterocycles. The van der Waals surface area contributed by atoms with Gasteiger partial charge in [0.25, 0.3) is 5.91 Å². The van der Waals surface area contributed by atoms with Gasteiger partial charge in [-0.1, -0.05) is 48.5 Å². The van der Waals surface area contributed by atoms with Crippen molar-refractivity contribution >= 4 is 11.6 Å². The van der Waals surface area contributed by atoms with Crippen LogP contribution < -0.4 is 10.1 Å². The van der Waals surface area contributed by atoms with Gasteiger partial charge >= 0.3 is 0 Å². The minimum absolute atomic E-state index is 0.124. The Morgan fingerprint density at radius 1 is 0.964 bits per heavy atom. The van der Waals surface area contributed by atoms with Crippen molar-refractivity contribution in [1.29, 1.82) is 0 Å². The lowest BCUT2D eigenvalue weighted by molar-refractivity contribution is 0.0237. The highest BCUT2D eigenvalue weighted by Crippen LogP contribution is 2.28. The molecule has 0 unspecified atom stereocenters. The number of amides is 1. The first kappa shape index (κ1) is 18.2. The van der Waals surface area contributed by atoms with Crippen molar-refractivity contribution < 1.29 is 14.3 Å². The van der Waals surface area contributed by atoms with Gasteiger partial charge in [-0.2, -0.15) is 0 Å². The van der Waals surface area contributed by atoms with Crippen LogP contribution >= 0.6 is 0 Å². The summed E-state index contributed by atoms with van der Waals surface area (Å²) < 4.78 is 11.2. The normalized spacial score (nSPS) is 14.4. The van der Waals surface area contributed by atoms with Crippen LogP contribution in [0.1, 0.15) is 23.2 Å². The molecule has 0 radical (unpaired) electrons. The fraction of sp³-hybridized carbons (Fsp3) is 0.217. The summed E-state index contributed by atoms with van der Waals surface area (Å²) in [7, 11) is 0. The number of carbonyl (C=O) groups excluding carboxylic acids is 1. The Hall–Kier alpha value is -3.18. The second-order valence-corrected chi connectivity index (χ2v) is 6.68. The number of carbonyl (C=O) groups is 1. The first-order valence-corrected chi connectivity index (χ1v) is 9.46. The molecular weight excluding hydrogens is 352 g/mol. The molecule has 0 bridgehead atoms. The van der Waals surface area contributed by atoms with E-state index in [1.54, 1.807) is 18.3 Å². The van der Waals surface area contributed by atoms with E-state index in [9.17, 15) is 4.79 Å². The van der Waals surface area contributed by atoms with Crippen LogP contribution in [0.4, 0.5) is 5.69 Å². The average molecular weight is 374 g/mol. The molecule has 1 aliphatic heterocycles. The number of hydrogen-bond acceptors (Lipinski definition) is 4. The van der Waals surface area contributed by atoms with Crippen molar-refractivity contribution in [2.75, 3.05) is 18.5 Å². The van der Waals surface area contributed by atoms with Crippen LogP contribution in [-0.2, 0) is 4.74 Å². The minimum atomic E-state index is -0.200. The molecule has 4 rings (SSSR count). The molecule has 2 aromatic carbocycles. The van der Waals surface area contributed by atoms with Crippen molar-refractivity contribution in [2.45, 2.75) is 18.9 Å². The van der Waals surface area contributed by atoms with Gasteiger partial charge in [-0.05, 0) is 17.7 Å². The Kier molecular flexibility index (Phi) is 5.64. The van der Waals surface area contributed by atoms with E-state index in [0.29, 0.717) is 24.7 Å². The largest absolute Gasteiger partial charge is 0.474 e. The van der Waals surface area contributed by atoms with Crippen LogP contribution in [0.15, 0.2) is 72.9 Å². The zero-order valence-corrected chi connectivity index (χ0v) is 15.5. The van der Waals surface area contributed by atoms with Crippen LogP contribution in [0, 0.1) is 0 Å². The van der Waals surface area contributed by atoms with E-state index < -0.39 is 0 Å². The molecule has 1 aliphatic rings. The lowest BCUT2D eigenvalue weighted by Gasteiger charge is -2.22. The molecule has 2 heterocycles. The predicted molar refractivity (Wildman–Crippen MR) is 109 cm³/mol. The molecule has 0 spiro atoms. The molecule has 1 saturated heterocycles. The fourth-order valence-corrected chi connectivity index (χ4v) is 3.20. The molecule has 142 valence electrons. The maximum atomic E-state index is 12.7. The topological polar surface area (TPSA) is 60.5 Å². The average Bonchev–Trinajstić information content (AvgIpc) is 2.76. The van der Waals surface area contributed by atoms with E-state index >= 15 is 0 Å². The molecule has 1 fully saturated rings. The SMILES string of the molecule is O=C(Nc1ccccc1-c1ccccc1)c1ccc(OC2CCOCC2)nc1. The van der Waals surface area contributed by atoms with Crippen molar-refractivity contribution in [3.05, 3.63) is 78.5 Å². The third-order valence-corrected chi connectivity index (χ3v) is 4.71. The molecule has 0 aliphatic carbocycles. The molecular formula is C23H22N2O3. The Bertz CT molecular complexity index is 920. The Morgan fingerprint density at radius 3 is 2.46 bits per heavy atom. The standard InChI is InChI=1S/C23H22N2O3/c26-23(18-10-11-22(24-16-18)28-19-12-14-27-15-13-19)25-21-9-5-4-8-20(21)17-6-2-1-3-7-17/h1-11,16,19H,12-15H2,(H,25,26). The second kappa shape index (κ2) is 8.67. The van der Waals surface area contributed by atoms with Gasteiger partial charge in [-0.15, -0.1) is 0 Å². The Morgan fingerprint density at radius 2 is 1.71 bits per heavy atom. The van der Waals surface area contributed by atoms with Crippen LogP contribution in [-0.4, -0.2) is 30.2 Å². The number of hydrogen-bond donors (Lipinski definition) is 1. The molecule has 28 heavy (non-hydrogen) atoms. The summed E-state index contributed by atoms with van der Waals surface area (Å²) >= 11 is 0. The van der Waals surface area contributed by atoms with Crippen molar-refractivity contribution in [3.63, 3.8) is 0 Å². The summed E-state index contributed by atoms with van der Waals surface area (Å²) in [5.41, 5.74) is 3.28. The maximum absolute atomic E-state index is 12.7. The van der Waals surface area contributed by atoms with Crippen molar-refractivity contribution in [1.82, 2.24) is 4.98 Å². The van der Waals surface area contributed by atoms with Gasteiger partial charge in [-0.3, -0.25) is 4.79 Å². The van der Waals surface area contributed by atoms with Crippen molar-refractivity contribution in [2.24, 2.45) is 0 Å². The Labute approximate surface area is 164 Å². The lowest BCUT2D eigenvalue weighted by Crippen LogP contribution is -2.26. The summed E-state index contributed by atoms with van der Waals surface area (Å²) in [5, 5.41) is 2.99. The van der Waals surface area contributed by atoms with Gasteiger partial charge in [-0.25, -0.2) is 4.98 Å². The molecule has 0 saturated carbocycles. The summed E-state index contributed by atoms with van der Waals surface area (Å²) in [6.07, 6.45) is 3.40. The molecule has 5 heteroatoms. The smallest absolute Gasteiger partial charge is 0.257 e. The summed E-state index contributed by atoms with van der Waals surface area (Å²) in [5.74, 6) is 0.335. The first-order chi connectivity index (χ1) is 13.8. The van der Waals surface area contributed by atoms with Crippen LogP contribution in [0.2, 0.25) is 0 Å². The van der Waals surface area contributed by atoms with Gasteiger partial charge in [0.15, 0.2) is 0 Å². The number of aromatic nitrogens is 1. The van der Waals surface area contributed by atoms with Crippen molar-refractivity contribution in [3.8, 4) is 17.0 Å². The molecule has 5 nitrogen and oxygen atoms in total. The highest BCUT2D eigenvalue weighted by Gasteiger charge is 2.16. The van der Waals surface area contributed by atoms with Crippen LogP contribution in [0.3, 0.4) is 0 Å². The minimum Gasteiger partial charge on any atom is -0.474 e. The number of anilines is 1. The third kappa shape index (κ3) is 4.38. The third-order valence-electron chi connectivity index (χ3n) is 4.71. The van der Waals surface area contributed by atoms with E-state index in [1.165, 1.54) is 0 Å². The number of para-hydroxylation sites is 1. The molecule has 1 N–H and O–H groups in total. The van der Waals surface area contributed by atoms with E-state index in [4.69, 9.17) is 9.47 Å². The first-order valence-electron chi connectivity index (χ1n) is 9.46. The number of nitrogens with one attached hydrogen (secondary N) is 1.